The Labute approximate surface area is 197 Å². The second-order valence-electron chi connectivity index (χ2n) is 6.76. The van der Waals surface area contributed by atoms with Gasteiger partial charge >= 0.3 is 5.97 Å². The quantitative estimate of drug-likeness (QED) is 0.400. The molecule has 8 nitrogen and oxygen atoms in total. The SMILES string of the molecule is CCOC(=O)COc1ccc(/C=C2\SC(=Nc3ccc(OC)cc3)N(CC)C2=O)cc1OC. The van der Waals surface area contributed by atoms with E-state index in [1.807, 2.05) is 31.2 Å². The summed E-state index contributed by atoms with van der Waals surface area (Å²) in [7, 11) is 3.12. The van der Waals surface area contributed by atoms with Gasteiger partial charge in [-0.2, -0.15) is 0 Å². The molecule has 9 heteroatoms. The third-order valence-corrected chi connectivity index (χ3v) is 5.64. The number of aliphatic imine (C=N–C) groups is 1. The molecule has 2 aromatic carbocycles. The van der Waals surface area contributed by atoms with Gasteiger partial charge in [0.25, 0.3) is 5.91 Å². The standard InChI is InChI=1S/C24H26N2O6S/c1-5-26-23(28)21(33-24(26)25-17-8-10-18(29-3)11-9-17)14-16-7-12-19(20(13-16)30-4)32-15-22(27)31-6-2/h7-14H,5-6,15H2,1-4H3/b21-14-,25-24?. The summed E-state index contributed by atoms with van der Waals surface area (Å²) in [5, 5.41) is 0.611. The summed E-state index contributed by atoms with van der Waals surface area (Å²) in [4.78, 5) is 31.3. The van der Waals surface area contributed by atoms with Crippen molar-refractivity contribution < 1.29 is 28.5 Å². The summed E-state index contributed by atoms with van der Waals surface area (Å²) < 4.78 is 20.9. The molecule has 0 saturated carbocycles. The molecule has 0 aliphatic carbocycles. The maximum atomic E-state index is 12.9. The highest BCUT2D eigenvalue weighted by atomic mass is 32.2. The summed E-state index contributed by atoms with van der Waals surface area (Å²) >= 11 is 1.31. The van der Waals surface area contributed by atoms with Crippen LogP contribution in [0, 0.1) is 0 Å². The van der Waals surface area contributed by atoms with Gasteiger partial charge in [-0.3, -0.25) is 9.69 Å². The molecule has 0 N–H and O–H groups in total. The van der Waals surface area contributed by atoms with Crippen LogP contribution in [0.1, 0.15) is 19.4 Å². The van der Waals surface area contributed by atoms with Gasteiger partial charge in [0.1, 0.15) is 5.75 Å². The Morgan fingerprint density at radius 1 is 1.06 bits per heavy atom. The van der Waals surface area contributed by atoms with Crippen molar-refractivity contribution >= 4 is 40.6 Å². The van der Waals surface area contributed by atoms with Crippen LogP contribution in [0.2, 0.25) is 0 Å². The Morgan fingerprint density at radius 2 is 1.82 bits per heavy atom. The molecule has 0 aromatic heterocycles. The lowest BCUT2D eigenvalue weighted by Crippen LogP contribution is -2.28. The maximum Gasteiger partial charge on any atom is 0.344 e. The van der Waals surface area contributed by atoms with E-state index in [9.17, 15) is 9.59 Å². The van der Waals surface area contributed by atoms with E-state index in [-0.39, 0.29) is 19.1 Å². The molecule has 1 heterocycles. The molecule has 1 aliphatic rings. The lowest BCUT2D eigenvalue weighted by atomic mass is 10.2. The zero-order valence-corrected chi connectivity index (χ0v) is 19.8. The smallest absolute Gasteiger partial charge is 0.344 e. The van der Waals surface area contributed by atoms with Crippen LogP contribution in [0.4, 0.5) is 5.69 Å². The topological polar surface area (TPSA) is 86.7 Å². The first-order chi connectivity index (χ1) is 16.0. The summed E-state index contributed by atoms with van der Waals surface area (Å²) in [6.07, 6.45) is 1.78. The first-order valence-electron chi connectivity index (χ1n) is 10.4. The molecule has 1 fully saturated rings. The van der Waals surface area contributed by atoms with E-state index >= 15 is 0 Å². The lowest BCUT2D eigenvalue weighted by Gasteiger charge is -2.12. The molecule has 174 valence electrons. The average molecular weight is 471 g/mol. The minimum atomic E-state index is -0.456. The van der Waals surface area contributed by atoms with Gasteiger partial charge in [-0.15, -0.1) is 0 Å². The molecule has 0 radical (unpaired) electrons. The van der Waals surface area contributed by atoms with E-state index in [0.717, 1.165) is 17.0 Å². The van der Waals surface area contributed by atoms with Gasteiger partial charge in [-0.05, 0) is 73.6 Å². The molecule has 0 unspecified atom stereocenters. The Morgan fingerprint density at radius 3 is 2.45 bits per heavy atom. The fraction of sp³-hybridized carbons (Fsp3) is 0.292. The number of benzene rings is 2. The van der Waals surface area contributed by atoms with Gasteiger partial charge in [-0.25, -0.2) is 9.79 Å². The number of thioether (sulfide) groups is 1. The number of carbonyl (C=O) groups is 2. The van der Waals surface area contributed by atoms with E-state index in [1.165, 1.54) is 18.9 Å². The molecule has 0 atom stereocenters. The van der Waals surface area contributed by atoms with Crippen molar-refractivity contribution in [3.05, 3.63) is 52.9 Å². The van der Waals surface area contributed by atoms with Crippen molar-refractivity contribution in [2.24, 2.45) is 4.99 Å². The predicted molar refractivity (Wildman–Crippen MR) is 128 cm³/mol. The van der Waals surface area contributed by atoms with Gasteiger partial charge < -0.3 is 18.9 Å². The second kappa shape index (κ2) is 11.4. The summed E-state index contributed by atoms with van der Waals surface area (Å²) in [6, 6.07) is 12.6. The molecule has 1 amide bonds. The highest BCUT2D eigenvalue weighted by molar-refractivity contribution is 8.18. The van der Waals surface area contributed by atoms with Crippen molar-refractivity contribution in [3.63, 3.8) is 0 Å². The molecule has 0 bridgehead atoms. The number of hydrogen-bond donors (Lipinski definition) is 0. The first-order valence-corrected chi connectivity index (χ1v) is 11.2. The molecular weight excluding hydrogens is 444 g/mol. The lowest BCUT2D eigenvalue weighted by molar-refractivity contribution is -0.145. The number of amides is 1. The van der Waals surface area contributed by atoms with Crippen LogP contribution in [0.3, 0.4) is 0 Å². The van der Waals surface area contributed by atoms with Gasteiger partial charge in [0.2, 0.25) is 0 Å². The molecule has 2 aromatic rings. The Hall–Kier alpha value is -3.46. The van der Waals surface area contributed by atoms with E-state index in [0.29, 0.717) is 28.1 Å². The van der Waals surface area contributed by atoms with Crippen LogP contribution in [-0.2, 0) is 14.3 Å². The maximum absolute atomic E-state index is 12.9. The van der Waals surface area contributed by atoms with E-state index < -0.39 is 5.97 Å². The fourth-order valence-electron chi connectivity index (χ4n) is 3.02. The van der Waals surface area contributed by atoms with Crippen molar-refractivity contribution in [2.45, 2.75) is 13.8 Å². The fourth-order valence-corrected chi connectivity index (χ4v) is 4.08. The Balaban J connectivity index is 1.81. The van der Waals surface area contributed by atoms with Gasteiger partial charge in [0.05, 0.1) is 31.4 Å². The van der Waals surface area contributed by atoms with Crippen LogP contribution in [-0.4, -0.2) is 55.9 Å². The number of methoxy groups -OCH3 is 2. The number of esters is 1. The molecule has 3 rings (SSSR count). The van der Waals surface area contributed by atoms with E-state index in [2.05, 4.69) is 4.99 Å². The summed E-state index contributed by atoms with van der Waals surface area (Å²) in [5.74, 6) is 1.03. The molecule has 1 aliphatic heterocycles. The average Bonchev–Trinajstić information content (AvgIpc) is 3.12. The number of hydrogen-bond acceptors (Lipinski definition) is 8. The van der Waals surface area contributed by atoms with Crippen LogP contribution >= 0.6 is 11.8 Å². The van der Waals surface area contributed by atoms with Crippen molar-refractivity contribution in [1.29, 1.82) is 0 Å². The number of carbonyl (C=O) groups excluding carboxylic acids is 2. The Bertz CT molecular complexity index is 1070. The minimum Gasteiger partial charge on any atom is -0.497 e. The third kappa shape index (κ3) is 6.07. The minimum absolute atomic E-state index is 0.114. The zero-order valence-electron chi connectivity index (χ0n) is 19.0. The normalized spacial score (nSPS) is 15.8. The molecular formula is C24H26N2O6S. The number of ether oxygens (including phenoxy) is 4. The van der Waals surface area contributed by atoms with Crippen LogP contribution in [0.25, 0.3) is 6.08 Å². The number of likely N-dealkylation sites (N-methyl/N-ethyl adjacent to an activating group) is 1. The highest BCUT2D eigenvalue weighted by Gasteiger charge is 2.32. The number of rotatable bonds is 9. The van der Waals surface area contributed by atoms with Crippen LogP contribution in [0.5, 0.6) is 17.2 Å². The summed E-state index contributed by atoms with van der Waals surface area (Å²) in [6.45, 7) is 4.22. The van der Waals surface area contributed by atoms with Gasteiger partial charge in [0, 0.05) is 6.54 Å². The monoisotopic (exact) mass is 470 g/mol. The largest absolute Gasteiger partial charge is 0.497 e. The first kappa shape index (κ1) is 24.2. The van der Waals surface area contributed by atoms with Crippen LogP contribution in [0.15, 0.2) is 52.4 Å². The van der Waals surface area contributed by atoms with Crippen molar-refractivity contribution in [2.75, 3.05) is 34.0 Å². The summed E-state index contributed by atoms with van der Waals surface area (Å²) in [5.41, 5.74) is 1.49. The Kier molecular flexibility index (Phi) is 8.37. The van der Waals surface area contributed by atoms with E-state index in [1.54, 1.807) is 43.2 Å². The molecule has 1 saturated heterocycles. The third-order valence-electron chi connectivity index (χ3n) is 4.64. The predicted octanol–water partition coefficient (Wildman–Crippen LogP) is 4.27. The number of amidine groups is 1. The molecule has 0 spiro atoms. The number of nitrogens with zero attached hydrogens (tertiary/aromatic N) is 2. The van der Waals surface area contributed by atoms with Crippen molar-refractivity contribution in [1.82, 2.24) is 4.90 Å². The van der Waals surface area contributed by atoms with Crippen LogP contribution < -0.4 is 14.2 Å². The zero-order chi connectivity index (χ0) is 23.8. The van der Waals surface area contributed by atoms with Crippen molar-refractivity contribution in [3.8, 4) is 17.2 Å². The second-order valence-corrected chi connectivity index (χ2v) is 7.77. The van der Waals surface area contributed by atoms with Gasteiger partial charge in [-0.1, -0.05) is 6.07 Å². The molecule has 33 heavy (non-hydrogen) atoms. The highest BCUT2D eigenvalue weighted by Crippen LogP contribution is 2.36. The van der Waals surface area contributed by atoms with Gasteiger partial charge in [0.15, 0.2) is 23.3 Å². The van der Waals surface area contributed by atoms with E-state index in [4.69, 9.17) is 18.9 Å².